The Balaban J connectivity index is 0.00000196. The zero-order chi connectivity index (χ0) is 18.5. The van der Waals surface area contributed by atoms with Crippen LogP contribution in [0.4, 0.5) is 0 Å². The van der Waals surface area contributed by atoms with E-state index in [1.54, 1.807) is 12.1 Å². The third-order valence-electron chi connectivity index (χ3n) is 4.55. The van der Waals surface area contributed by atoms with Crippen LogP contribution in [0.3, 0.4) is 0 Å². The van der Waals surface area contributed by atoms with E-state index >= 15 is 0 Å². The van der Waals surface area contributed by atoms with Crippen LogP contribution >= 0.6 is 36.4 Å². The number of hydrogen-bond acceptors (Lipinski definition) is 6. The van der Waals surface area contributed by atoms with E-state index in [2.05, 4.69) is 20.4 Å². The van der Waals surface area contributed by atoms with Crippen molar-refractivity contribution in [3.05, 3.63) is 35.2 Å². The third-order valence-corrected chi connectivity index (χ3v) is 4.80. The largest absolute Gasteiger partial charge is 0.340 e. The van der Waals surface area contributed by atoms with E-state index in [1.807, 2.05) is 31.0 Å². The van der Waals surface area contributed by atoms with E-state index in [4.69, 9.17) is 16.1 Å². The predicted octanol–water partition coefficient (Wildman–Crippen LogP) is 2.73. The highest BCUT2D eigenvalue weighted by molar-refractivity contribution is 6.30. The lowest BCUT2D eigenvalue weighted by molar-refractivity contribution is -0.136. The molecule has 0 spiro atoms. The van der Waals surface area contributed by atoms with Gasteiger partial charge in [0.25, 0.3) is 0 Å². The maximum atomic E-state index is 12.4. The average molecular weight is 451 g/mol. The van der Waals surface area contributed by atoms with Crippen molar-refractivity contribution < 1.29 is 9.32 Å². The van der Waals surface area contributed by atoms with Crippen LogP contribution in [0.2, 0.25) is 5.02 Å². The second-order valence-electron chi connectivity index (χ2n) is 6.58. The predicted molar refractivity (Wildman–Crippen MR) is 114 cm³/mol. The second kappa shape index (κ2) is 11.6. The molecule has 7 nitrogen and oxygen atoms in total. The van der Waals surface area contributed by atoms with Crippen LogP contribution in [-0.2, 0) is 11.3 Å². The lowest BCUT2D eigenvalue weighted by atomic mass is 10.1. The van der Waals surface area contributed by atoms with Gasteiger partial charge in [0.1, 0.15) is 0 Å². The summed E-state index contributed by atoms with van der Waals surface area (Å²) in [6.45, 7) is 6.31. The molecule has 156 valence electrons. The summed E-state index contributed by atoms with van der Waals surface area (Å²) in [5, 5.41) is 7.77. The summed E-state index contributed by atoms with van der Waals surface area (Å²) in [5.74, 6) is 1.36. The Kier molecular flexibility index (Phi) is 10.2. The monoisotopic (exact) mass is 449 g/mol. The maximum absolute atomic E-state index is 12.4. The lowest BCUT2D eigenvalue weighted by Crippen LogP contribution is -2.50. The first kappa shape index (κ1) is 24.7. The van der Waals surface area contributed by atoms with E-state index < -0.39 is 0 Å². The molecule has 10 heteroatoms. The third kappa shape index (κ3) is 6.32. The van der Waals surface area contributed by atoms with Crippen LogP contribution in [0, 0.1) is 5.92 Å². The molecule has 1 atom stereocenters. The number of rotatable bonds is 6. The Morgan fingerprint density at radius 3 is 2.46 bits per heavy atom. The molecule has 28 heavy (non-hydrogen) atoms. The first-order chi connectivity index (χ1) is 12.6. The van der Waals surface area contributed by atoms with Gasteiger partial charge >= 0.3 is 0 Å². The molecule has 2 aromatic rings. The van der Waals surface area contributed by atoms with Gasteiger partial charge in [0.05, 0.1) is 6.54 Å². The van der Waals surface area contributed by atoms with Crippen LogP contribution < -0.4 is 5.32 Å². The van der Waals surface area contributed by atoms with Crippen molar-refractivity contribution in [2.24, 2.45) is 5.92 Å². The molecular weight excluding hydrogens is 425 g/mol. The summed E-state index contributed by atoms with van der Waals surface area (Å²) in [5.41, 5.74) is 0.873. The molecule has 0 saturated carbocycles. The van der Waals surface area contributed by atoms with Gasteiger partial charge in [-0.15, -0.1) is 24.8 Å². The van der Waals surface area contributed by atoms with Gasteiger partial charge in [-0.3, -0.25) is 9.69 Å². The zero-order valence-electron chi connectivity index (χ0n) is 15.9. The molecule has 2 heterocycles. The number of benzene rings is 1. The van der Waals surface area contributed by atoms with Crippen molar-refractivity contribution in [3.8, 4) is 11.4 Å². The zero-order valence-corrected chi connectivity index (χ0v) is 18.3. The molecule has 1 unspecified atom stereocenters. The molecule has 1 saturated heterocycles. The fourth-order valence-electron chi connectivity index (χ4n) is 3.06. The van der Waals surface area contributed by atoms with Crippen molar-refractivity contribution in [2.45, 2.75) is 13.5 Å². The van der Waals surface area contributed by atoms with Crippen LogP contribution in [0.15, 0.2) is 28.8 Å². The normalized spacial score (nSPS) is 15.5. The average Bonchev–Trinajstić information content (AvgIpc) is 3.11. The summed E-state index contributed by atoms with van der Waals surface area (Å²) in [7, 11) is 1.87. The quantitative estimate of drug-likeness (QED) is 0.729. The summed E-state index contributed by atoms with van der Waals surface area (Å²) in [4.78, 5) is 21.0. The molecular formula is C18H26Cl3N5O2. The smallest absolute Gasteiger partial charge is 0.241 e. The van der Waals surface area contributed by atoms with E-state index in [0.29, 0.717) is 29.8 Å². The summed E-state index contributed by atoms with van der Waals surface area (Å²) in [6.07, 6.45) is 0. The van der Waals surface area contributed by atoms with Crippen molar-refractivity contribution >= 4 is 42.3 Å². The minimum absolute atomic E-state index is 0. The Morgan fingerprint density at radius 2 is 1.86 bits per heavy atom. The van der Waals surface area contributed by atoms with Crippen molar-refractivity contribution in [1.29, 1.82) is 0 Å². The molecule has 1 amide bonds. The number of amides is 1. The van der Waals surface area contributed by atoms with Crippen molar-refractivity contribution in [3.63, 3.8) is 0 Å². The van der Waals surface area contributed by atoms with Crippen LogP contribution in [0.25, 0.3) is 11.4 Å². The molecule has 1 aliphatic heterocycles. The van der Waals surface area contributed by atoms with Gasteiger partial charge in [-0.2, -0.15) is 4.98 Å². The molecule has 3 rings (SSSR count). The van der Waals surface area contributed by atoms with Crippen molar-refractivity contribution in [2.75, 3.05) is 39.8 Å². The first-order valence-corrected chi connectivity index (χ1v) is 9.19. The van der Waals surface area contributed by atoms with Gasteiger partial charge in [-0.05, 0) is 31.3 Å². The van der Waals surface area contributed by atoms with E-state index in [9.17, 15) is 4.79 Å². The molecule has 1 N–H and O–H groups in total. The van der Waals surface area contributed by atoms with Crippen LogP contribution in [0.5, 0.6) is 0 Å². The molecule has 1 aliphatic rings. The minimum atomic E-state index is 0. The first-order valence-electron chi connectivity index (χ1n) is 8.81. The number of nitrogens with zero attached hydrogens (tertiary/aromatic N) is 4. The van der Waals surface area contributed by atoms with Gasteiger partial charge in [-0.25, -0.2) is 0 Å². The second-order valence-corrected chi connectivity index (χ2v) is 7.02. The molecule has 0 bridgehead atoms. The van der Waals surface area contributed by atoms with Gasteiger partial charge in [0.15, 0.2) is 0 Å². The van der Waals surface area contributed by atoms with Gasteiger partial charge in [0, 0.05) is 49.2 Å². The van der Waals surface area contributed by atoms with Crippen molar-refractivity contribution in [1.82, 2.24) is 25.3 Å². The standard InChI is InChI=1S/C18H24ClN5O2.2ClH/c1-13(11-20-2)18(25)24-9-7-23(8-10-24)12-16-21-17(22-26-16)14-3-5-15(19)6-4-14;;/h3-6,13,20H,7-12H2,1-2H3;2*1H. The topological polar surface area (TPSA) is 74.5 Å². The minimum Gasteiger partial charge on any atom is -0.340 e. The molecule has 0 aliphatic carbocycles. The highest BCUT2D eigenvalue weighted by Crippen LogP contribution is 2.19. The van der Waals surface area contributed by atoms with Gasteiger partial charge in [-0.1, -0.05) is 23.7 Å². The highest BCUT2D eigenvalue weighted by Gasteiger charge is 2.25. The summed E-state index contributed by atoms with van der Waals surface area (Å²) < 4.78 is 5.37. The molecule has 1 aromatic carbocycles. The van der Waals surface area contributed by atoms with Gasteiger partial charge in [0.2, 0.25) is 17.6 Å². The number of carbonyl (C=O) groups excluding carboxylic acids is 1. The van der Waals surface area contributed by atoms with Crippen LogP contribution in [-0.4, -0.2) is 65.6 Å². The van der Waals surface area contributed by atoms with Gasteiger partial charge < -0.3 is 14.7 Å². The SMILES string of the molecule is CNCC(C)C(=O)N1CCN(Cc2nc(-c3ccc(Cl)cc3)no2)CC1.Cl.Cl. The van der Waals surface area contributed by atoms with Crippen LogP contribution in [0.1, 0.15) is 12.8 Å². The number of nitrogens with one attached hydrogen (secondary N) is 1. The number of aromatic nitrogens is 2. The fourth-order valence-corrected chi connectivity index (χ4v) is 3.18. The van der Waals surface area contributed by atoms with E-state index in [-0.39, 0.29) is 36.6 Å². The molecule has 1 fully saturated rings. The van der Waals surface area contributed by atoms with E-state index in [1.165, 1.54) is 0 Å². The Labute approximate surface area is 182 Å². The number of hydrogen-bond donors (Lipinski definition) is 1. The lowest BCUT2D eigenvalue weighted by Gasteiger charge is -2.35. The number of halogens is 3. The number of carbonyl (C=O) groups is 1. The molecule has 0 radical (unpaired) electrons. The summed E-state index contributed by atoms with van der Waals surface area (Å²) in [6, 6.07) is 7.35. The van der Waals surface area contributed by atoms with E-state index in [0.717, 1.165) is 31.7 Å². The summed E-state index contributed by atoms with van der Waals surface area (Å²) >= 11 is 5.90. The molecule has 1 aromatic heterocycles. The Morgan fingerprint density at radius 1 is 1.21 bits per heavy atom. The number of piperazine rings is 1. The fraction of sp³-hybridized carbons (Fsp3) is 0.500. The Hall–Kier alpha value is -1.38. The maximum Gasteiger partial charge on any atom is 0.241 e. The Bertz CT molecular complexity index is 733. The highest BCUT2D eigenvalue weighted by atomic mass is 35.5.